The fraction of sp³-hybridized carbons (Fsp3) is 0.263. The lowest BCUT2D eigenvalue weighted by Gasteiger charge is -2.17. The van der Waals surface area contributed by atoms with Gasteiger partial charge in [-0.15, -0.1) is 0 Å². The molecule has 1 unspecified atom stereocenters. The van der Waals surface area contributed by atoms with E-state index in [1.54, 1.807) is 6.07 Å². The second kappa shape index (κ2) is 8.64. The lowest BCUT2D eigenvalue weighted by molar-refractivity contribution is -0.137. The van der Waals surface area contributed by atoms with Crippen LogP contribution in [0.15, 0.2) is 42.5 Å². The maximum atomic E-state index is 13.0. The summed E-state index contributed by atoms with van der Waals surface area (Å²) in [4.78, 5) is 24.5. The standard InChI is InChI=1S/C19H18F3NO5/c1-11(17(24)23-16-7-5-4-6-15(16)19(20,21)22)28-18(25)12-8-13(26-2)10-14(9-12)27-3/h4-11H,1-3H3,(H,23,24). The van der Waals surface area contributed by atoms with Crippen LogP contribution in [0.1, 0.15) is 22.8 Å². The number of anilines is 1. The molecule has 0 radical (unpaired) electrons. The van der Waals surface area contributed by atoms with E-state index < -0.39 is 35.4 Å². The summed E-state index contributed by atoms with van der Waals surface area (Å²) in [5.41, 5.74) is -1.36. The summed E-state index contributed by atoms with van der Waals surface area (Å²) < 4.78 is 54.2. The van der Waals surface area contributed by atoms with Gasteiger partial charge in [-0.1, -0.05) is 12.1 Å². The van der Waals surface area contributed by atoms with Crippen LogP contribution in [0.4, 0.5) is 18.9 Å². The number of methoxy groups -OCH3 is 2. The number of carbonyl (C=O) groups excluding carboxylic acids is 2. The number of alkyl halides is 3. The van der Waals surface area contributed by atoms with Crippen LogP contribution in [0.2, 0.25) is 0 Å². The van der Waals surface area contributed by atoms with Gasteiger partial charge in [-0.2, -0.15) is 13.2 Å². The molecule has 2 aromatic rings. The minimum atomic E-state index is -4.64. The Hall–Kier alpha value is -3.23. The fourth-order valence-corrected chi connectivity index (χ4v) is 2.28. The maximum absolute atomic E-state index is 13.0. The molecule has 0 saturated heterocycles. The van der Waals surface area contributed by atoms with Crippen LogP contribution >= 0.6 is 0 Å². The predicted molar refractivity (Wildman–Crippen MR) is 94.5 cm³/mol. The SMILES string of the molecule is COc1cc(OC)cc(C(=O)OC(C)C(=O)Nc2ccccc2C(F)(F)F)c1. The van der Waals surface area contributed by atoms with Gasteiger partial charge < -0.3 is 19.5 Å². The second-order valence-electron chi connectivity index (χ2n) is 5.68. The number of para-hydroxylation sites is 1. The minimum Gasteiger partial charge on any atom is -0.497 e. The third-order valence-electron chi connectivity index (χ3n) is 3.73. The van der Waals surface area contributed by atoms with Crippen LogP contribution in [0.25, 0.3) is 0 Å². The molecule has 0 heterocycles. The van der Waals surface area contributed by atoms with Gasteiger partial charge in [0, 0.05) is 6.07 Å². The van der Waals surface area contributed by atoms with Crippen molar-refractivity contribution in [1.82, 2.24) is 0 Å². The van der Waals surface area contributed by atoms with Crippen molar-refractivity contribution in [2.24, 2.45) is 0 Å². The fourth-order valence-electron chi connectivity index (χ4n) is 2.28. The molecule has 0 bridgehead atoms. The molecule has 150 valence electrons. The Labute approximate surface area is 159 Å². The van der Waals surface area contributed by atoms with Crippen molar-refractivity contribution in [2.45, 2.75) is 19.2 Å². The highest BCUT2D eigenvalue weighted by molar-refractivity contribution is 5.98. The van der Waals surface area contributed by atoms with Gasteiger partial charge in [-0.25, -0.2) is 4.79 Å². The van der Waals surface area contributed by atoms with Crippen molar-refractivity contribution >= 4 is 17.6 Å². The Bertz CT molecular complexity index is 845. The normalized spacial score (nSPS) is 12.1. The first-order chi connectivity index (χ1) is 13.2. The van der Waals surface area contributed by atoms with Gasteiger partial charge in [0.05, 0.1) is 31.0 Å². The molecule has 0 spiro atoms. The van der Waals surface area contributed by atoms with Gasteiger partial charge in [0.2, 0.25) is 0 Å². The topological polar surface area (TPSA) is 73.9 Å². The first-order valence-electron chi connectivity index (χ1n) is 8.07. The predicted octanol–water partition coefficient (Wildman–Crippen LogP) is 3.91. The van der Waals surface area contributed by atoms with E-state index in [1.807, 2.05) is 0 Å². The number of amides is 1. The summed E-state index contributed by atoms with van der Waals surface area (Å²) in [6.45, 7) is 1.25. The molecule has 28 heavy (non-hydrogen) atoms. The van der Waals surface area contributed by atoms with E-state index in [0.29, 0.717) is 11.5 Å². The van der Waals surface area contributed by atoms with E-state index in [9.17, 15) is 22.8 Å². The zero-order valence-electron chi connectivity index (χ0n) is 15.3. The molecule has 0 fully saturated rings. The number of ether oxygens (including phenoxy) is 3. The summed E-state index contributed by atoms with van der Waals surface area (Å²) in [6, 6.07) is 8.82. The molecule has 0 aliphatic rings. The van der Waals surface area contributed by atoms with E-state index in [2.05, 4.69) is 5.32 Å². The molecule has 0 aliphatic heterocycles. The van der Waals surface area contributed by atoms with Gasteiger partial charge in [0.25, 0.3) is 5.91 Å². The van der Waals surface area contributed by atoms with E-state index >= 15 is 0 Å². The minimum absolute atomic E-state index is 0.0616. The van der Waals surface area contributed by atoms with Gasteiger partial charge in [0.1, 0.15) is 11.5 Å². The molecule has 0 saturated carbocycles. The zero-order chi connectivity index (χ0) is 20.9. The largest absolute Gasteiger partial charge is 0.497 e. The van der Waals surface area contributed by atoms with E-state index in [0.717, 1.165) is 12.1 Å². The molecule has 9 heteroatoms. The number of halogens is 3. The molecule has 2 rings (SSSR count). The van der Waals surface area contributed by atoms with Crippen LogP contribution in [-0.4, -0.2) is 32.2 Å². The molecule has 1 atom stereocenters. The number of carbonyl (C=O) groups is 2. The van der Waals surface area contributed by atoms with Crippen molar-refractivity contribution in [1.29, 1.82) is 0 Å². The molecule has 0 aliphatic carbocycles. The Morgan fingerprint density at radius 2 is 1.57 bits per heavy atom. The van der Waals surface area contributed by atoms with Crippen molar-refractivity contribution in [3.05, 3.63) is 53.6 Å². The summed E-state index contributed by atoms with van der Waals surface area (Å²) >= 11 is 0. The van der Waals surface area contributed by atoms with Crippen molar-refractivity contribution < 1.29 is 37.0 Å². The first-order valence-corrected chi connectivity index (χ1v) is 8.07. The Balaban J connectivity index is 2.12. The number of benzene rings is 2. The number of rotatable bonds is 6. The second-order valence-corrected chi connectivity index (χ2v) is 5.68. The quantitative estimate of drug-likeness (QED) is 0.749. The smallest absolute Gasteiger partial charge is 0.418 e. The third kappa shape index (κ3) is 5.15. The van der Waals surface area contributed by atoms with Gasteiger partial charge in [-0.3, -0.25) is 4.79 Å². The van der Waals surface area contributed by atoms with Crippen LogP contribution < -0.4 is 14.8 Å². The van der Waals surface area contributed by atoms with Crippen LogP contribution in [0.5, 0.6) is 11.5 Å². The number of hydrogen-bond donors (Lipinski definition) is 1. The average molecular weight is 397 g/mol. The maximum Gasteiger partial charge on any atom is 0.418 e. The molecular formula is C19H18F3NO5. The number of hydrogen-bond acceptors (Lipinski definition) is 5. The first kappa shape index (κ1) is 21.1. The molecule has 1 N–H and O–H groups in total. The molecular weight excluding hydrogens is 379 g/mol. The lowest BCUT2D eigenvalue weighted by atomic mass is 10.1. The lowest BCUT2D eigenvalue weighted by Crippen LogP contribution is -2.30. The Kier molecular flexibility index (Phi) is 6.50. The Morgan fingerprint density at radius 1 is 1.00 bits per heavy atom. The van der Waals surface area contributed by atoms with E-state index in [-0.39, 0.29) is 5.56 Å². The zero-order valence-corrected chi connectivity index (χ0v) is 15.3. The van der Waals surface area contributed by atoms with Crippen molar-refractivity contribution in [3.8, 4) is 11.5 Å². The van der Waals surface area contributed by atoms with Crippen molar-refractivity contribution in [3.63, 3.8) is 0 Å². The molecule has 6 nitrogen and oxygen atoms in total. The monoisotopic (exact) mass is 397 g/mol. The van der Waals surface area contributed by atoms with Crippen LogP contribution in [0, 0.1) is 0 Å². The third-order valence-corrected chi connectivity index (χ3v) is 3.73. The molecule has 1 amide bonds. The number of nitrogens with one attached hydrogen (secondary N) is 1. The molecule has 0 aromatic heterocycles. The summed E-state index contributed by atoms with van der Waals surface area (Å²) in [7, 11) is 2.80. The van der Waals surface area contributed by atoms with E-state index in [1.165, 1.54) is 45.4 Å². The summed E-state index contributed by atoms with van der Waals surface area (Å²) in [5, 5.41) is 2.13. The number of esters is 1. The summed E-state index contributed by atoms with van der Waals surface area (Å²) in [6.07, 6.45) is -5.98. The van der Waals surface area contributed by atoms with Gasteiger partial charge in [0.15, 0.2) is 6.10 Å². The van der Waals surface area contributed by atoms with Gasteiger partial charge in [-0.05, 0) is 31.2 Å². The van der Waals surface area contributed by atoms with E-state index in [4.69, 9.17) is 14.2 Å². The highest BCUT2D eigenvalue weighted by atomic mass is 19.4. The highest BCUT2D eigenvalue weighted by Gasteiger charge is 2.34. The van der Waals surface area contributed by atoms with Crippen LogP contribution in [0.3, 0.4) is 0 Å². The highest BCUT2D eigenvalue weighted by Crippen LogP contribution is 2.34. The molecule has 2 aromatic carbocycles. The average Bonchev–Trinajstić information content (AvgIpc) is 2.66. The Morgan fingerprint density at radius 3 is 2.11 bits per heavy atom. The van der Waals surface area contributed by atoms with Gasteiger partial charge >= 0.3 is 12.1 Å². The van der Waals surface area contributed by atoms with Crippen LogP contribution in [-0.2, 0) is 15.7 Å². The summed E-state index contributed by atoms with van der Waals surface area (Å²) in [5.74, 6) is -1.09. The van der Waals surface area contributed by atoms with Crippen molar-refractivity contribution in [2.75, 3.05) is 19.5 Å².